The molecule has 1 rings (SSSR count). The Morgan fingerprint density at radius 3 is 2.53 bits per heavy atom. The van der Waals surface area contributed by atoms with E-state index in [1.807, 2.05) is 0 Å². The highest BCUT2D eigenvalue weighted by molar-refractivity contribution is 5.86. The molecule has 1 aromatic rings. The van der Waals surface area contributed by atoms with Crippen LogP contribution >= 0.6 is 0 Å². The zero-order valence-electron chi connectivity index (χ0n) is 10.3. The van der Waals surface area contributed by atoms with Gasteiger partial charge >= 0.3 is 6.09 Å². The third-order valence-corrected chi connectivity index (χ3v) is 1.86. The van der Waals surface area contributed by atoms with Crippen molar-refractivity contribution in [1.82, 2.24) is 0 Å². The summed E-state index contributed by atoms with van der Waals surface area (Å²) >= 11 is 0. The molecule has 1 aromatic heterocycles. The maximum absolute atomic E-state index is 13.0. The van der Waals surface area contributed by atoms with Gasteiger partial charge in [-0.3, -0.25) is 10.1 Å². The second-order valence-corrected chi connectivity index (χ2v) is 4.63. The van der Waals surface area contributed by atoms with Crippen molar-refractivity contribution in [2.45, 2.75) is 26.4 Å². The second-order valence-electron chi connectivity index (χ2n) is 4.63. The van der Waals surface area contributed by atoms with Crippen molar-refractivity contribution < 1.29 is 23.9 Å². The monoisotopic (exact) mass is 243 g/mol. The van der Waals surface area contributed by atoms with Gasteiger partial charge < -0.3 is 4.74 Å². The Bertz CT molecular complexity index is 409. The minimum Gasteiger partial charge on any atom is -0.443 e. The van der Waals surface area contributed by atoms with Crippen molar-refractivity contribution in [3.8, 4) is 0 Å². The van der Waals surface area contributed by atoms with Crippen LogP contribution < -0.4 is 9.63 Å². The first kappa shape index (κ1) is 13.2. The third-order valence-electron chi connectivity index (χ3n) is 1.86. The van der Waals surface area contributed by atoms with Crippen molar-refractivity contribution in [1.29, 1.82) is 0 Å². The van der Waals surface area contributed by atoms with Crippen molar-refractivity contribution >= 4 is 11.8 Å². The first-order chi connectivity index (χ1) is 7.69. The molecule has 0 radical (unpaired) electrons. The van der Waals surface area contributed by atoms with E-state index in [1.54, 1.807) is 20.8 Å². The van der Waals surface area contributed by atoms with Crippen molar-refractivity contribution in [3.05, 3.63) is 24.3 Å². The average molecular weight is 243 g/mol. The number of aromatic nitrogens is 1. The van der Waals surface area contributed by atoms with Gasteiger partial charge in [0.25, 0.3) is 6.20 Å². The fourth-order valence-electron chi connectivity index (χ4n) is 1.13. The Labute approximate surface area is 99.0 Å². The number of anilines is 1. The summed E-state index contributed by atoms with van der Waals surface area (Å²) in [5.41, 5.74) is -0.435. The van der Waals surface area contributed by atoms with Crippen LogP contribution in [-0.2, 0) is 4.74 Å². The molecule has 6 heteroatoms. The minimum atomic E-state index is -0.652. The van der Waals surface area contributed by atoms with E-state index in [-0.39, 0.29) is 5.69 Å². The molecule has 5 nitrogen and oxygen atoms in total. The molecule has 1 amide bonds. The molecule has 0 aliphatic carbocycles. The van der Waals surface area contributed by atoms with Gasteiger partial charge in [-0.25, -0.2) is 9.18 Å². The highest BCUT2D eigenvalue weighted by Gasteiger charge is 2.22. The average Bonchev–Trinajstić information content (AvgIpc) is 2.12. The number of halogens is 1. The summed E-state index contributed by atoms with van der Waals surface area (Å²) in [5, 5.41) is 9.16. The highest BCUT2D eigenvalue weighted by atomic mass is 19.1. The Morgan fingerprint density at radius 2 is 2.06 bits per heavy atom. The number of hydrogen-bond donors (Lipinski definition) is 1. The van der Waals surface area contributed by atoms with Gasteiger partial charge in [0.2, 0.25) is 6.20 Å². The molecule has 17 heavy (non-hydrogen) atoms. The lowest BCUT2D eigenvalue weighted by Crippen LogP contribution is -2.37. The van der Waals surface area contributed by atoms with Gasteiger partial charge in [0.05, 0.1) is 0 Å². The quantitative estimate of drug-likeness (QED) is 0.603. The van der Waals surface area contributed by atoms with Gasteiger partial charge in [0.1, 0.15) is 11.3 Å². The highest BCUT2D eigenvalue weighted by Crippen LogP contribution is 2.15. The predicted octanol–water partition coefficient (Wildman–Crippen LogP) is 1.72. The molecule has 1 N–H and O–H groups in total. The zero-order valence-corrected chi connectivity index (χ0v) is 10.3. The number of nitrogens with zero attached hydrogens (tertiary/aromatic N) is 2. The summed E-state index contributed by atoms with van der Waals surface area (Å²) < 4.78 is 18.7. The lowest BCUT2D eigenvalue weighted by molar-refractivity contribution is -0.905. The fraction of sp³-hybridized carbons (Fsp3) is 0.455. The number of hydrogen-bond acceptors (Lipinski definition) is 3. The van der Waals surface area contributed by atoms with Gasteiger partial charge in [-0.15, -0.1) is 0 Å². The molecule has 1 heterocycles. The Hall–Kier alpha value is -1.85. The Balaban J connectivity index is 2.89. The summed E-state index contributed by atoms with van der Waals surface area (Å²) in [4.78, 5) is 12.8. The van der Waals surface area contributed by atoms with E-state index in [2.05, 4.69) is 0 Å². The molecule has 0 fully saturated rings. The van der Waals surface area contributed by atoms with Crippen molar-refractivity contribution in [2.24, 2.45) is 0 Å². The largest absolute Gasteiger partial charge is 0.443 e. The molecule has 0 spiro atoms. The standard InChI is InChI=1S/C11H16FN2O3/c1-11(2,3)17-10(15)13(4)9-5-8(12)6-14(16)7-9/h5-7,16H,1-4H3/q+1. The summed E-state index contributed by atoms with van der Waals surface area (Å²) in [5.74, 6) is -0.652. The maximum Gasteiger partial charge on any atom is 0.414 e. The van der Waals surface area contributed by atoms with Crippen LogP contribution in [0.3, 0.4) is 0 Å². The Kier molecular flexibility index (Phi) is 3.55. The van der Waals surface area contributed by atoms with Gasteiger partial charge in [-0.05, 0) is 20.8 Å². The van der Waals surface area contributed by atoms with Crippen molar-refractivity contribution in [2.75, 3.05) is 11.9 Å². The zero-order chi connectivity index (χ0) is 13.2. The third kappa shape index (κ3) is 3.90. The first-order valence-corrected chi connectivity index (χ1v) is 5.07. The molecule has 0 aliphatic heterocycles. The van der Waals surface area contributed by atoms with Crippen LogP contribution in [0.15, 0.2) is 18.5 Å². The number of amides is 1. The van der Waals surface area contributed by atoms with Crippen LogP contribution in [0.4, 0.5) is 14.9 Å². The number of carbonyl (C=O) groups is 1. The van der Waals surface area contributed by atoms with E-state index >= 15 is 0 Å². The van der Waals surface area contributed by atoms with Gasteiger partial charge in [0.15, 0.2) is 5.82 Å². The summed E-state index contributed by atoms with van der Waals surface area (Å²) in [6, 6.07) is 1.12. The van der Waals surface area contributed by atoms with Gasteiger partial charge in [-0.2, -0.15) is 0 Å². The van der Waals surface area contributed by atoms with Crippen LogP contribution in [0.2, 0.25) is 0 Å². The summed E-state index contributed by atoms with van der Waals surface area (Å²) in [7, 11) is 1.43. The summed E-state index contributed by atoms with van der Waals surface area (Å²) in [6.07, 6.45) is 1.46. The molecular formula is C11H16FN2O3+. The van der Waals surface area contributed by atoms with Gasteiger partial charge in [-0.1, -0.05) is 0 Å². The van der Waals surface area contributed by atoms with E-state index in [0.717, 1.165) is 17.2 Å². The van der Waals surface area contributed by atoms with Crippen LogP contribution in [0.5, 0.6) is 0 Å². The first-order valence-electron chi connectivity index (χ1n) is 5.07. The van der Waals surface area contributed by atoms with Crippen LogP contribution in [0.1, 0.15) is 20.8 Å². The van der Waals surface area contributed by atoms with Crippen LogP contribution in [-0.4, -0.2) is 23.9 Å². The number of rotatable bonds is 1. The lowest BCUT2D eigenvalue weighted by Gasteiger charge is -2.23. The number of pyridine rings is 1. The molecule has 0 unspecified atom stereocenters. The molecule has 0 saturated heterocycles. The van der Waals surface area contributed by atoms with E-state index in [1.165, 1.54) is 13.2 Å². The minimum absolute atomic E-state index is 0.196. The lowest BCUT2D eigenvalue weighted by atomic mass is 10.2. The normalized spacial score (nSPS) is 11.1. The Morgan fingerprint density at radius 1 is 1.47 bits per heavy atom. The topological polar surface area (TPSA) is 53.7 Å². The van der Waals surface area contributed by atoms with Crippen LogP contribution in [0.25, 0.3) is 0 Å². The second kappa shape index (κ2) is 4.57. The smallest absolute Gasteiger partial charge is 0.414 e. The summed E-state index contributed by atoms with van der Waals surface area (Å²) in [6.45, 7) is 5.20. The maximum atomic E-state index is 13.0. The number of carbonyl (C=O) groups excluding carboxylic acids is 1. The molecule has 0 atom stereocenters. The van der Waals surface area contributed by atoms with Gasteiger partial charge in [0, 0.05) is 17.8 Å². The number of ether oxygens (including phenoxy) is 1. The molecular weight excluding hydrogens is 227 g/mol. The van der Waals surface area contributed by atoms with Crippen LogP contribution in [0, 0.1) is 5.82 Å². The van der Waals surface area contributed by atoms with E-state index in [4.69, 9.17) is 9.94 Å². The molecule has 0 saturated carbocycles. The van der Waals surface area contributed by atoms with E-state index in [0.29, 0.717) is 4.73 Å². The van der Waals surface area contributed by atoms with E-state index in [9.17, 15) is 9.18 Å². The molecule has 94 valence electrons. The van der Waals surface area contributed by atoms with Crippen molar-refractivity contribution in [3.63, 3.8) is 0 Å². The fourth-order valence-corrected chi connectivity index (χ4v) is 1.13. The molecule has 0 bridgehead atoms. The molecule has 0 aromatic carbocycles. The predicted molar refractivity (Wildman–Crippen MR) is 58.4 cm³/mol. The van der Waals surface area contributed by atoms with E-state index < -0.39 is 17.5 Å². The SMILES string of the molecule is CN(C(=O)OC(C)(C)C)c1cc(F)c[n+](O)c1. The molecule has 0 aliphatic rings.